The molecule has 7 heteroatoms. The van der Waals surface area contributed by atoms with Crippen molar-refractivity contribution in [3.8, 4) is 11.5 Å². The summed E-state index contributed by atoms with van der Waals surface area (Å²) in [6.45, 7) is 0.504. The molecule has 3 aromatic rings. The zero-order valence-electron chi connectivity index (χ0n) is 14.8. The summed E-state index contributed by atoms with van der Waals surface area (Å²) < 4.78 is 10.6. The van der Waals surface area contributed by atoms with Gasteiger partial charge in [0.15, 0.2) is 11.5 Å². The maximum absolute atomic E-state index is 12.4. The van der Waals surface area contributed by atoms with Crippen molar-refractivity contribution in [3.63, 3.8) is 0 Å². The van der Waals surface area contributed by atoms with Crippen LogP contribution >= 0.6 is 0 Å². The number of nitrogens with zero attached hydrogens (tertiary/aromatic N) is 1. The number of carbonyl (C=O) groups excluding carboxylic acids is 2. The molecule has 7 nitrogen and oxygen atoms in total. The second-order valence-electron chi connectivity index (χ2n) is 6.10. The number of ether oxygens (including phenoxy) is 2. The molecule has 2 aromatic carbocycles. The van der Waals surface area contributed by atoms with Crippen LogP contribution in [0, 0.1) is 0 Å². The number of hydrogen-bond acceptors (Lipinski definition) is 5. The predicted octanol–water partition coefficient (Wildman–Crippen LogP) is 2.99. The summed E-state index contributed by atoms with van der Waals surface area (Å²) in [6, 6.07) is 19.3. The van der Waals surface area contributed by atoms with Crippen LogP contribution in [0.3, 0.4) is 0 Å². The number of nitrogens with one attached hydrogen (secondary N) is 2. The lowest BCUT2D eigenvalue weighted by atomic mass is 10.2. The Balaban J connectivity index is 1.40. The molecule has 1 aliphatic heterocycles. The van der Waals surface area contributed by atoms with E-state index >= 15 is 0 Å². The number of pyridine rings is 1. The summed E-state index contributed by atoms with van der Waals surface area (Å²) in [5, 5.41) is 5.54. The van der Waals surface area contributed by atoms with E-state index in [0.29, 0.717) is 23.7 Å². The average Bonchev–Trinajstić information content (AvgIpc) is 3.20. The molecule has 0 saturated heterocycles. The third kappa shape index (κ3) is 3.93. The van der Waals surface area contributed by atoms with Gasteiger partial charge in [-0.05, 0) is 42.0 Å². The third-order valence-corrected chi connectivity index (χ3v) is 4.14. The molecule has 0 radical (unpaired) electrons. The molecule has 2 N–H and O–H groups in total. The van der Waals surface area contributed by atoms with Gasteiger partial charge in [0.25, 0.3) is 11.8 Å². The molecular formula is C21H17N3O4. The highest BCUT2D eigenvalue weighted by Crippen LogP contribution is 2.32. The summed E-state index contributed by atoms with van der Waals surface area (Å²) >= 11 is 0. The number of hydrogen-bond donors (Lipinski definition) is 2. The summed E-state index contributed by atoms with van der Waals surface area (Å²) in [6.07, 6.45) is 0. The van der Waals surface area contributed by atoms with Crippen LogP contribution in [0.2, 0.25) is 0 Å². The van der Waals surface area contributed by atoms with Gasteiger partial charge < -0.3 is 20.1 Å². The highest BCUT2D eigenvalue weighted by molar-refractivity contribution is 6.03. The Morgan fingerprint density at radius 3 is 2.43 bits per heavy atom. The molecule has 28 heavy (non-hydrogen) atoms. The summed E-state index contributed by atoms with van der Waals surface area (Å²) in [5.74, 6) is 0.599. The number of carbonyl (C=O) groups is 2. The Labute approximate surface area is 161 Å². The first-order chi connectivity index (χ1) is 13.7. The molecule has 0 spiro atoms. The first-order valence-corrected chi connectivity index (χ1v) is 8.69. The Kier molecular flexibility index (Phi) is 4.88. The van der Waals surface area contributed by atoms with Crippen LogP contribution in [0.4, 0.5) is 5.69 Å². The third-order valence-electron chi connectivity index (χ3n) is 4.14. The zero-order chi connectivity index (χ0) is 19.3. The van der Waals surface area contributed by atoms with Crippen molar-refractivity contribution >= 4 is 17.5 Å². The maximum Gasteiger partial charge on any atom is 0.274 e. The number of benzene rings is 2. The monoisotopic (exact) mass is 375 g/mol. The summed E-state index contributed by atoms with van der Waals surface area (Å²) in [7, 11) is 0. The molecule has 0 unspecified atom stereocenters. The highest BCUT2D eigenvalue weighted by atomic mass is 16.7. The van der Waals surface area contributed by atoms with Crippen molar-refractivity contribution in [1.29, 1.82) is 0 Å². The SMILES string of the molecule is O=C(NCc1ccc2c(c1)OCO2)c1cccc(C(=O)Nc2ccccc2)n1. The van der Waals surface area contributed by atoms with Gasteiger partial charge in [0.2, 0.25) is 6.79 Å². The van der Waals surface area contributed by atoms with Crippen molar-refractivity contribution in [1.82, 2.24) is 10.3 Å². The van der Waals surface area contributed by atoms with E-state index in [1.54, 1.807) is 36.4 Å². The molecule has 140 valence electrons. The first kappa shape index (κ1) is 17.5. The molecule has 2 amide bonds. The second-order valence-corrected chi connectivity index (χ2v) is 6.10. The van der Waals surface area contributed by atoms with Gasteiger partial charge in [-0.1, -0.05) is 30.3 Å². The average molecular weight is 375 g/mol. The van der Waals surface area contributed by atoms with Crippen molar-refractivity contribution in [2.45, 2.75) is 6.54 Å². The van der Waals surface area contributed by atoms with Gasteiger partial charge in [0.1, 0.15) is 11.4 Å². The lowest BCUT2D eigenvalue weighted by Gasteiger charge is -2.08. The van der Waals surface area contributed by atoms with Gasteiger partial charge >= 0.3 is 0 Å². The van der Waals surface area contributed by atoms with Crippen molar-refractivity contribution in [2.24, 2.45) is 0 Å². The van der Waals surface area contributed by atoms with Gasteiger partial charge in [-0.3, -0.25) is 9.59 Å². The Morgan fingerprint density at radius 2 is 1.61 bits per heavy atom. The fraction of sp³-hybridized carbons (Fsp3) is 0.0952. The van der Waals surface area contributed by atoms with E-state index in [1.807, 2.05) is 30.3 Å². The molecule has 1 aliphatic rings. The van der Waals surface area contributed by atoms with Crippen LogP contribution in [0.15, 0.2) is 66.7 Å². The van der Waals surface area contributed by atoms with Crippen LogP contribution in [-0.2, 0) is 6.54 Å². The van der Waals surface area contributed by atoms with Crippen LogP contribution < -0.4 is 20.1 Å². The first-order valence-electron chi connectivity index (χ1n) is 8.69. The molecule has 1 aromatic heterocycles. The van der Waals surface area contributed by atoms with E-state index in [-0.39, 0.29) is 30.0 Å². The van der Waals surface area contributed by atoms with Crippen molar-refractivity contribution in [3.05, 3.63) is 83.7 Å². The number of amides is 2. The van der Waals surface area contributed by atoms with Gasteiger partial charge in [0, 0.05) is 12.2 Å². The molecule has 0 fully saturated rings. The van der Waals surface area contributed by atoms with Gasteiger partial charge in [-0.15, -0.1) is 0 Å². The van der Waals surface area contributed by atoms with E-state index in [0.717, 1.165) is 5.56 Å². The topological polar surface area (TPSA) is 89.5 Å². The minimum absolute atomic E-state index is 0.166. The number of para-hydroxylation sites is 1. The normalized spacial score (nSPS) is 11.7. The molecule has 0 atom stereocenters. The summed E-state index contributed by atoms with van der Waals surface area (Å²) in [5.41, 5.74) is 1.86. The Morgan fingerprint density at radius 1 is 0.857 bits per heavy atom. The maximum atomic E-state index is 12.4. The van der Waals surface area contributed by atoms with Crippen LogP contribution in [0.5, 0.6) is 11.5 Å². The Hall–Kier alpha value is -3.87. The molecular weight excluding hydrogens is 358 g/mol. The van der Waals surface area contributed by atoms with Gasteiger partial charge in [-0.2, -0.15) is 0 Å². The second kappa shape index (κ2) is 7.79. The lowest BCUT2D eigenvalue weighted by Crippen LogP contribution is -2.25. The highest BCUT2D eigenvalue weighted by Gasteiger charge is 2.15. The fourth-order valence-corrected chi connectivity index (χ4v) is 2.73. The van der Waals surface area contributed by atoms with E-state index < -0.39 is 0 Å². The number of anilines is 1. The minimum atomic E-state index is -0.378. The van der Waals surface area contributed by atoms with Crippen LogP contribution in [0.1, 0.15) is 26.5 Å². The predicted molar refractivity (Wildman–Crippen MR) is 102 cm³/mol. The van der Waals surface area contributed by atoms with Gasteiger partial charge in [0.05, 0.1) is 0 Å². The van der Waals surface area contributed by atoms with Crippen LogP contribution in [0.25, 0.3) is 0 Å². The molecule has 0 bridgehead atoms. The van der Waals surface area contributed by atoms with Crippen molar-refractivity contribution in [2.75, 3.05) is 12.1 Å². The number of fused-ring (bicyclic) bond motifs is 1. The van der Waals surface area contributed by atoms with E-state index in [4.69, 9.17) is 9.47 Å². The lowest BCUT2D eigenvalue weighted by molar-refractivity contribution is 0.0945. The van der Waals surface area contributed by atoms with Crippen LogP contribution in [-0.4, -0.2) is 23.6 Å². The van der Waals surface area contributed by atoms with Gasteiger partial charge in [-0.25, -0.2) is 4.98 Å². The quantitative estimate of drug-likeness (QED) is 0.716. The van der Waals surface area contributed by atoms with E-state index in [9.17, 15) is 9.59 Å². The smallest absolute Gasteiger partial charge is 0.274 e. The largest absolute Gasteiger partial charge is 0.454 e. The zero-order valence-corrected chi connectivity index (χ0v) is 14.8. The molecule has 0 aliphatic carbocycles. The van der Waals surface area contributed by atoms with Crippen molar-refractivity contribution < 1.29 is 19.1 Å². The van der Waals surface area contributed by atoms with E-state index in [1.165, 1.54) is 0 Å². The summed E-state index contributed by atoms with van der Waals surface area (Å²) in [4.78, 5) is 28.9. The molecule has 4 rings (SSSR count). The number of rotatable bonds is 5. The minimum Gasteiger partial charge on any atom is -0.454 e. The fourth-order valence-electron chi connectivity index (χ4n) is 2.73. The standard InChI is InChI=1S/C21H17N3O4/c25-20(22-12-14-9-10-18-19(11-14)28-13-27-18)16-7-4-8-17(24-16)21(26)23-15-5-2-1-3-6-15/h1-11H,12-13H2,(H,22,25)(H,23,26). The molecule has 0 saturated carbocycles. The molecule has 2 heterocycles. The number of aromatic nitrogens is 1. The Bertz CT molecular complexity index is 1020. The van der Waals surface area contributed by atoms with E-state index in [2.05, 4.69) is 15.6 Å².